The van der Waals surface area contributed by atoms with Gasteiger partial charge >= 0.3 is 0 Å². The first kappa shape index (κ1) is 7.29. The first-order chi connectivity index (χ1) is 4.30. The second-order valence-electron chi connectivity index (χ2n) is 3.14. The average Bonchev–Trinajstić information content (AvgIpc) is 1.90. The first-order valence-electron chi connectivity index (χ1n) is 3.99. The third kappa shape index (κ3) is 2.10. The molecule has 9 heavy (non-hydrogen) atoms. The van der Waals surface area contributed by atoms with Crippen LogP contribution in [0.5, 0.6) is 0 Å². The van der Waals surface area contributed by atoms with Gasteiger partial charge in [0.05, 0.1) is 0 Å². The summed E-state index contributed by atoms with van der Waals surface area (Å²) in [6, 6.07) is 0. The third-order valence-electron chi connectivity index (χ3n) is 2.33. The van der Waals surface area contributed by atoms with Gasteiger partial charge in [-0.2, -0.15) is 0 Å². The summed E-state index contributed by atoms with van der Waals surface area (Å²) in [6.45, 7) is 2.05. The monoisotopic (exact) mass is 144 g/mol. The van der Waals surface area contributed by atoms with Gasteiger partial charge in [-0.3, -0.25) is 0 Å². The predicted molar refractivity (Wildman–Crippen MR) is 42.1 cm³/mol. The Balaban J connectivity index is 2.23. The summed E-state index contributed by atoms with van der Waals surface area (Å²) >= 11 is 0. The lowest BCUT2D eigenvalue weighted by atomic mass is 10.0. The molecule has 0 bridgehead atoms. The smallest absolute Gasteiger partial charge is 0.172 e. The van der Waals surface area contributed by atoms with Crippen molar-refractivity contribution in [2.45, 2.75) is 44.2 Å². The van der Waals surface area contributed by atoms with Gasteiger partial charge in [-0.15, -0.1) is 0 Å². The Hall–Kier alpha value is 0.177. The van der Waals surface area contributed by atoms with Crippen LogP contribution in [0.25, 0.3) is 0 Å². The van der Waals surface area contributed by atoms with Crippen LogP contribution in [0, 0.1) is 0 Å². The van der Waals surface area contributed by atoms with Crippen LogP contribution in [0.1, 0.15) is 32.1 Å². The quantitative estimate of drug-likeness (QED) is 0.555. The lowest BCUT2D eigenvalue weighted by molar-refractivity contribution is 0.452. The fourth-order valence-corrected chi connectivity index (χ4v) is 3.05. The molecule has 1 N–H and O–H groups in total. The minimum Gasteiger partial charge on any atom is -0.435 e. The van der Waals surface area contributed by atoms with E-state index >= 15 is 0 Å². The van der Waals surface area contributed by atoms with Gasteiger partial charge in [-0.25, -0.2) is 0 Å². The van der Waals surface area contributed by atoms with E-state index in [-0.39, 0.29) is 0 Å². The van der Waals surface area contributed by atoms with E-state index in [1.54, 1.807) is 0 Å². The van der Waals surface area contributed by atoms with Gasteiger partial charge < -0.3 is 4.80 Å². The second kappa shape index (κ2) is 3.37. The largest absolute Gasteiger partial charge is 0.435 e. The standard InChI is InChI=1S/C7H16OSi/c1-9(8)7-5-3-2-4-6-7/h7-9H,2-6H2,1H3. The van der Waals surface area contributed by atoms with Crippen molar-refractivity contribution in [2.75, 3.05) is 0 Å². The van der Waals surface area contributed by atoms with Crippen LogP contribution < -0.4 is 0 Å². The Morgan fingerprint density at radius 1 is 1.22 bits per heavy atom. The Labute approximate surface area is 58.8 Å². The van der Waals surface area contributed by atoms with Crippen molar-refractivity contribution in [3.05, 3.63) is 0 Å². The van der Waals surface area contributed by atoms with Crippen LogP contribution in [-0.2, 0) is 0 Å². The van der Waals surface area contributed by atoms with Crippen LogP contribution in [-0.4, -0.2) is 13.8 Å². The highest BCUT2D eigenvalue weighted by Crippen LogP contribution is 2.29. The molecule has 0 spiro atoms. The van der Waals surface area contributed by atoms with Gasteiger partial charge in [-0.1, -0.05) is 32.1 Å². The number of hydrogen-bond acceptors (Lipinski definition) is 1. The van der Waals surface area contributed by atoms with Gasteiger partial charge in [-0.05, 0) is 12.1 Å². The molecule has 1 aliphatic carbocycles. The molecule has 1 unspecified atom stereocenters. The molecule has 1 saturated carbocycles. The maximum Gasteiger partial charge on any atom is 0.172 e. The molecule has 1 nitrogen and oxygen atoms in total. The van der Waals surface area contributed by atoms with Gasteiger partial charge in [0.25, 0.3) is 0 Å². The average molecular weight is 144 g/mol. The van der Waals surface area contributed by atoms with Crippen molar-refractivity contribution in [3.8, 4) is 0 Å². The highest BCUT2D eigenvalue weighted by Gasteiger charge is 2.18. The molecule has 1 atom stereocenters. The number of rotatable bonds is 1. The van der Waals surface area contributed by atoms with Crippen LogP contribution >= 0.6 is 0 Å². The van der Waals surface area contributed by atoms with E-state index in [9.17, 15) is 4.80 Å². The van der Waals surface area contributed by atoms with Crippen molar-refractivity contribution in [1.82, 2.24) is 0 Å². The van der Waals surface area contributed by atoms with E-state index in [4.69, 9.17) is 0 Å². The molecule has 1 fully saturated rings. The Bertz CT molecular complexity index is 77.0. The van der Waals surface area contributed by atoms with Gasteiger partial charge in [0.15, 0.2) is 9.04 Å². The third-order valence-corrected chi connectivity index (χ3v) is 4.36. The van der Waals surface area contributed by atoms with Crippen molar-refractivity contribution in [2.24, 2.45) is 0 Å². The van der Waals surface area contributed by atoms with E-state index < -0.39 is 9.04 Å². The molecule has 54 valence electrons. The van der Waals surface area contributed by atoms with Gasteiger partial charge in [0.2, 0.25) is 0 Å². The summed E-state index contributed by atoms with van der Waals surface area (Å²) in [6.07, 6.45) is 6.75. The molecule has 1 aliphatic rings. The Morgan fingerprint density at radius 2 is 1.78 bits per heavy atom. The maximum atomic E-state index is 9.32. The summed E-state index contributed by atoms with van der Waals surface area (Å²) in [5.41, 5.74) is 0.749. The molecule has 0 aromatic rings. The molecule has 0 saturated heterocycles. The second-order valence-corrected chi connectivity index (χ2v) is 5.56. The van der Waals surface area contributed by atoms with Crippen LogP contribution in [0.4, 0.5) is 0 Å². The Kier molecular flexibility index (Phi) is 2.73. The zero-order chi connectivity index (χ0) is 6.69. The van der Waals surface area contributed by atoms with Crippen molar-refractivity contribution in [3.63, 3.8) is 0 Å². The van der Waals surface area contributed by atoms with Crippen LogP contribution in [0.15, 0.2) is 0 Å². The normalized spacial score (nSPS) is 26.0. The topological polar surface area (TPSA) is 20.2 Å². The molecule has 0 aromatic carbocycles. The fourth-order valence-electron chi connectivity index (χ4n) is 1.62. The zero-order valence-electron chi connectivity index (χ0n) is 6.14. The molecule has 0 aromatic heterocycles. The van der Waals surface area contributed by atoms with E-state index in [1.165, 1.54) is 32.1 Å². The van der Waals surface area contributed by atoms with E-state index in [1.807, 2.05) is 0 Å². The molecular formula is C7H16OSi. The van der Waals surface area contributed by atoms with Crippen molar-refractivity contribution in [1.29, 1.82) is 0 Å². The summed E-state index contributed by atoms with van der Waals surface area (Å²) in [7, 11) is -1.25. The maximum absolute atomic E-state index is 9.32. The SMILES string of the molecule is C[SiH](O)C1CCCCC1. The molecule has 2 heteroatoms. The Morgan fingerprint density at radius 3 is 2.11 bits per heavy atom. The summed E-state index contributed by atoms with van der Waals surface area (Å²) in [4.78, 5) is 9.32. The predicted octanol–water partition coefficient (Wildman–Crippen LogP) is 1.67. The van der Waals surface area contributed by atoms with Gasteiger partial charge in [0.1, 0.15) is 0 Å². The highest BCUT2D eigenvalue weighted by atomic mass is 28.3. The first-order valence-corrected chi connectivity index (χ1v) is 6.32. The fraction of sp³-hybridized carbons (Fsp3) is 1.00. The summed E-state index contributed by atoms with van der Waals surface area (Å²) < 4.78 is 0. The molecule has 0 radical (unpaired) electrons. The molecular weight excluding hydrogens is 128 g/mol. The molecule has 1 rings (SSSR count). The molecule has 0 heterocycles. The highest BCUT2D eigenvalue weighted by molar-refractivity contribution is 6.50. The summed E-state index contributed by atoms with van der Waals surface area (Å²) in [5.74, 6) is 0. The van der Waals surface area contributed by atoms with E-state index in [2.05, 4.69) is 6.55 Å². The van der Waals surface area contributed by atoms with Crippen molar-refractivity contribution < 1.29 is 4.80 Å². The zero-order valence-corrected chi connectivity index (χ0v) is 7.29. The lowest BCUT2D eigenvalue weighted by Gasteiger charge is -2.22. The number of hydrogen-bond donors (Lipinski definition) is 1. The lowest BCUT2D eigenvalue weighted by Crippen LogP contribution is -2.18. The molecule has 0 amide bonds. The van der Waals surface area contributed by atoms with E-state index in [0.29, 0.717) is 0 Å². The van der Waals surface area contributed by atoms with Gasteiger partial charge in [0, 0.05) is 0 Å². The summed E-state index contributed by atoms with van der Waals surface area (Å²) in [5, 5.41) is 0. The minimum atomic E-state index is -1.25. The van der Waals surface area contributed by atoms with E-state index in [0.717, 1.165) is 5.54 Å². The molecule has 0 aliphatic heterocycles. The van der Waals surface area contributed by atoms with Crippen molar-refractivity contribution >= 4 is 9.04 Å². The minimum absolute atomic E-state index is 0.749. The van der Waals surface area contributed by atoms with Crippen LogP contribution in [0.2, 0.25) is 12.1 Å². The van der Waals surface area contributed by atoms with Crippen LogP contribution in [0.3, 0.4) is 0 Å².